The number of anilines is 1. The second kappa shape index (κ2) is 8.27. The van der Waals surface area contributed by atoms with Gasteiger partial charge in [-0.1, -0.05) is 6.92 Å². The van der Waals surface area contributed by atoms with Gasteiger partial charge < -0.3 is 14.4 Å². The lowest BCUT2D eigenvalue weighted by Gasteiger charge is -2.38. The third-order valence-corrected chi connectivity index (χ3v) is 7.24. The highest BCUT2D eigenvalue weighted by atomic mass is 32.1. The second-order valence-corrected chi connectivity index (χ2v) is 9.57. The summed E-state index contributed by atoms with van der Waals surface area (Å²) in [5.74, 6) is 2.70. The molecule has 168 valence electrons. The van der Waals surface area contributed by atoms with Gasteiger partial charge in [0.05, 0.1) is 11.7 Å². The molecule has 0 radical (unpaired) electrons. The Morgan fingerprint density at radius 3 is 2.59 bits per heavy atom. The fourth-order valence-electron chi connectivity index (χ4n) is 4.84. The predicted molar refractivity (Wildman–Crippen MR) is 122 cm³/mol. The van der Waals surface area contributed by atoms with Gasteiger partial charge in [0.2, 0.25) is 0 Å². The molecule has 0 N–H and O–H groups in total. The summed E-state index contributed by atoms with van der Waals surface area (Å²) in [7, 11) is 0. The zero-order valence-electron chi connectivity index (χ0n) is 18.6. The fraction of sp³-hybridized carbons (Fsp3) is 0.478. The van der Waals surface area contributed by atoms with E-state index in [1.807, 2.05) is 11.8 Å². The number of benzene rings is 1. The van der Waals surface area contributed by atoms with Crippen LogP contribution in [0.25, 0.3) is 10.8 Å². The maximum absolute atomic E-state index is 13.4. The maximum Gasteiger partial charge on any atom is 0.254 e. The number of halogens is 1. The van der Waals surface area contributed by atoms with Crippen molar-refractivity contribution in [3.05, 3.63) is 47.2 Å². The molecule has 1 unspecified atom stereocenters. The van der Waals surface area contributed by atoms with Crippen LogP contribution in [0.4, 0.5) is 10.2 Å². The van der Waals surface area contributed by atoms with E-state index in [1.54, 1.807) is 12.1 Å². The summed E-state index contributed by atoms with van der Waals surface area (Å²) in [5.41, 5.74) is 1.54. The molecular weight excluding hydrogens is 427 g/mol. The molecule has 0 saturated carbocycles. The summed E-state index contributed by atoms with van der Waals surface area (Å²) in [6.07, 6.45) is 2.35. The summed E-state index contributed by atoms with van der Waals surface area (Å²) in [4.78, 5) is 27.2. The molecule has 0 aliphatic carbocycles. The molecule has 0 bridgehead atoms. The number of carbonyl (C=O) groups excluding carboxylic acids is 1. The Bertz CT molecular complexity index is 1140. The number of amides is 1. The van der Waals surface area contributed by atoms with Gasteiger partial charge in [-0.15, -0.1) is 0 Å². The van der Waals surface area contributed by atoms with E-state index in [2.05, 4.69) is 32.7 Å². The zero-order valence-corrected chi connectivity index (χ0v) is 19.4. The van der Waals surface area contributed by atoms with Crippen LogP contribution < -0.4 is 4.90 Å². The number of rotatable bonds is 3. The normalized spacial score (nSPS) is 21.0. The Morgan fingerprint density at radius 1 is 1.12 bits per heavy atom. The zero-order chi connectivity index (χ0) is 22.4. The molecule has 2 aromatic heterocycles. The van der Waals surface area contributed by atoms with Crippen LogP contribution in [0.5, 0.6) is 0 Å². The largest absolute Gasteiger partial charge is 0.355 e. The van der Waals surface area contributed by atoms with Crippen molar-refractivity contribution in [1.29, 1.82) is 0 Å². The van der Waals surface area contributed by atoms with Gasteiger partial charge >= 0.3 is 0 Å². The van der Waals surface area contributed by atoms with Gasteiger partial charge in [-0.25, -0.2) is 14.4 Å². The molecule has 2 aliphatic heterocycles. The Morgan fingerprint density at radius 2 is 1.91 bits per heavy atom. The summed E-state index contributed by atoms with van der Waals surface area (Å²) < 4.78 is 19.9. The Labute approximate surface area is 191 Å². The van der Waals surface area contributed by atoms with Crippen molar-refractivity contribution in [3.8, 4) is 10.8 Å². The number of hydrogen-bond acceptors (Lipinski definition) is 6. The molecule has 0 spiro atoms. The highest BCUT2D eigenvalue weighted by molar-refractivity contribution is 7.09. The molecule has 3 aromatic rings. The van der Waals surface area contributed by atoms with Crippen LogP contribution in [0.1, 0.15) is 54.6 Å². The van der Waals surface area contributed by atoms with Crippen molar-refractivity contribution in [1.82, 2.24) is 23.8 Å². The minimum absolute atomic E-state index is 0.0868. The van der Waals surface area contributed by atoms with E-state index in [9.17, 15) is 9.18 Å². The van der Waals surface area contributed by atoms with E-state index in [0.29, 0.717) is 24.6 Å². The van der Waals surface area contributed by atoms with Crippen LogP contribution in [-0.2, 0) is 6.54 Å². The number of aromatic nitrogens is 4. The molecule has 7 nitrogen and oxygen atoms in total. The topological polar surface area (TPSA) is 67.2 Å². The van der Waals surface area contributed by atoms with Crippen molar-refractivity contribution in [3.63, 3.8) is 0 Å². The van der Waals surface area contributed by atoms with Crippen molar-refractivity contribution in [2.75, 3.05) is 24.5 Å². The van der Waals surface area contributed by atoms with Crippen LogP contribution in [0.3, 0.4) is 0 Å². The van der Waals surface area contributed by atoms with Gasteiger partial charge in [0.15, 0.2) is 16.6 Å². The van der Waals surface area contributed by atoms with Crippen molar-refractivity contribution in [2.24, 2.45) is 5.92 Å². The van der Waals surface area contributed by atoms with Crippen molar-refractivity contribution in [2.45, 2.75) is 46.2 Å². The van der Waals surface area contributed by atoms with Gasteiger partial charge in [-0.2, -0.15) is 4.37 Å². The first kappa shape index (κ1) is 21.1. The molecule has 1 aromatic carbocycles. The highest BCUT2D eigenvalue weighted by Gasteiger charge is 2.36. The molecule has 5 rings (SSSR count). The lowest BCUT2D eigenvalue weighted by Crippen LogP contribution is -2.42. The van der Waals surface area contributed by atoms with E-state index in [4.69, 9.17) is 4.98 Å². The number of aryl methyl sites for hydroxylation is 1. The fourth-order valence-corrected chi connectivity index (χ4v) is 5.51. The van der Waals surface area contributed by atoms with Gasteiger partial charge in [0, 0.05) is 31.7 Å². The number of fused-ring (bicyclic) bond motifs is 1. The number of hydrogen-bond donors (Lipinski definition) is 0. The quantitative estimate of drug-likeness (QED) is 0.590. The first-order valence-corrected chi connectivity index (χ1v) is 11.9. The molecule has 2 aliphatic rings. The first-order valence-electron chi connectivity index (χ1n) is 11.1. The summed E-state index contributed by atoms with van der Waals surface area (Å²) in [6.45, 7) is 9.33. The number of piperidine rings is 1. The van der Waals surface area contributed by atoms with Crippen molar-refractivity contribution >= 4 is 23.3 Å². The molecular formula is C23H27FN6OS. The molecule has 4 heterocycles. The maximum atomic E-state index is 13.4. The first-order chi connectivity index (χ1) is 15.4. The number of nitrogens with zero attached hydrogens (tertiary/aromatic N) is 6. The molecule has 2 atom stereocenters. The van der Waals surface area contributed by atoms with Crippen LogP contribution >= 0.6 is 11.5 Å². The Kier molecular flexibility index (Phi) is 5.44. The predicted octanol–water partition coefficient (Wildman–Crippen LogP) is 4.30. The number of carbonyl (C=O) groups is 1. The van der Waals surface area contributed by atoms with Crippen LogP contribution in [0, 0.1) is 18.7 Å². The third-order valence-electron chi connectivity index (χ3n) is 6.44. The summed E-state index contributed by atoms with van der Waals surface area (Å²) in [6, 6.07) is 5.62. The minimum atomic E-state index is -0.343. The van der Waals surface area contributed by atoms with E-state index < -0.39 is 0 Å². The minimum Gasteiger partial charge on any atom is -0.355 e. The van der Waals surface area contributed by atoms with Crippen LogP contribution in [-0.4, -0.2) is 49.3 Å². The van der Waals surface area contributed by atoms with E-state index in [-0.39, 0.29) is 17.8 Å². The van der Waals surface area contributed by atoms with Crippen LogP contribution in [0.2, 0.25) is 0 Å². The molecule has 9 heteroatoms. The standard InChI is InChI=1S/C23H27FN6OS/c1-14-5-4-10-28(13-14)20-19-15(2)29(23(31)17-6-8-18(24)9-7-17)11-12-30(19)21(26-20)22-25-16(3)27-32-22/h6-9,14-15H,4-5,10-13H2,1-3H3/t14?,15-/m1/s1. The van der Waals surface area contributed by atoms with Crippen molar-refractivity contribution < 1.29 is 9.18 Å². The lowest BCUT2D eigenvalue weighted by molar-refractivity contribution is 0.0645. The smallest absolute Gasteiger partial charge is 0.254 e. The lowest BCUT2D eigenvalue weighted by atomic mass is 9.99. The van der Waals surface area contributed by atoms with E-state index >= 15 is 0 Å². The molecule has 32 heavy (non-hydrogen) atoms. The summed E-state index contributed by atoms with van der Waals surface area (Å²) >= 11 is 1.36. The highest BCUT2D eigenvalue weighted by Crippen LogP contribution is 2.39. The van der Waals surface area contributed by atoms with Gasteiger partial charge in [0.25, 0.3) is 5.91 Å². The second-order valence-electron chi connectivity index (χ2n) is 8.82. The van der Waals surface area contributed by atoms with E-state index in [0.717, 1.165) is 47.7 Å². The van der Waals surface area contributed by atoms with Crippen LogP contribution in [0.15, 0.2) is 24.3 Å². The average molecular weight is 455 g/mol. The Hall–Kier alpha value is -2.81. The van der Waals surface area contributed by atoms with Gasteiger partial charge in [-0.05, 0) is 68.4 Å². The SMILES string of the molecule is Cc1nsc(-c2nc(N3CCCC(C)C3)c3n2CCN(C(=O)c2ccc(F)cc2)[C@@H]3C)n1. The summed E-state index contributed by atoms with van der Waals surface area (Å²) in [5, 5.41) is 0.811. The average Bonchev–Trinajstić information content (AvgIpc) is 3.38. The number of imidazole rings is 1. The van der Waals surface area contributed by atoms with E-state index in [1.165, 1.54) is 30.1 Å². The molecule has 1 fully saturated rings. The third kappa shape index (κ3) is 3.68. The monoisotopic (exact) mass is 454 g/mol. The van der Waals surface area contributed by atoms with Gasteiger partial charge in [0.1, 0.15) is 11.6 Å². The van der Waals surface area contributed by atoms with Gasteiger partial charge in [-0.3, -0.25) is 4.79 Å². The molecule has 1 saturated heterocycles. The molecule has 1 amide bonds. The Balaban J connectivity index is 1.56.